The number of methoxy groups -OCH3 is 1. The molecule has 0 aromatic carbocycles. The van der Waals surface area contributed by atoms with Crippen molar-refractivity contribution in [1.82, 2.24) is 19.3 Å². The first-order chi connectivity index (χ1) is 9.46. The lowest BCUT2D eigenvalue weighted by atomic mass is 10.1. The van der Waals surface area contributed by atoms with E-state index >= 15 is 0 Å². The molecule has 0 aliphatic carbocycles. The number of nitrogens with zero attached hydrogens (tertiary/aromatic N) is 4. The van der Waals surface area contributed by atoms with Crippen LogP contribution in [0.15, 0.2) is 0 Å². The molecule has 0 N–H and O–H groups in total. The van der Waals surface area contributed by atoms with Gasteiger partial charge in [0.15, 0.2) is 5.65 Å². The molecule has 5 nitrogen and oxygen atoms in total. The van der Waals surface area contributed by atoms with Crippen LogP contribution >= 0.6 is 11.6 Å². The van der Waals surface area contributed by atoms with Crippen LogP contribution in [0.3, 0.4) is 0 Å². The van der Waals surface area contributed by atoms with Crippen molar-refractivity contribution in [3.63, 3.8) is 0 Å². The van der Waals surface area contributed by atoms with E-state index < -0.39 is 0 Å². The Kier molecular flexibility index (Phi) is 4.39. The molecule has 2 rings (SSSR count). The number of hydrogen-bond donors (Lipinski definition) is 0. The number of ether oxygens (including phenoxy) is 1. The number of imidazole rings is 1. The van der Waals surface area contributed by atoms with Gasteiger partial charge in [0.05, 0.1) is 23.7 Å². The minimum Gasteiger partial charge on any atom is -0.382 e. The molecule has 0 fully saturated rings. The topological polar surface area (TPSA) is 44.9 Å². The number of rotatable bonds is 6. The zero-order valence-electron chi connectivity index (χ0n) is 12.9. The standard InChI is InChI=1S/C14H23ClN4O/c1-6-7-10-12-13(18(4)17-10)19(11(8-15)16-12)14(2,3)9-20-5/h6-9H2,1-5H3. The molecule has 0 unspecified atom stereocenters. The zero-order valence-corrected chi connectivity index (χ0v) is 13.7. The molecule has 2 heterocycles. The van der Waals surface area contributed by atoms with Gasteiger partial charge in [-0.1, -0.05) is 13.3 Å². The maximum Gasteiger partial charge on any atom is 0.159 e. The van der Waals surface area contributed by atoms with E-state index in [0.29, 0.717) is 12.5 Å². The minimum atomic E-state index is -0.217. The van der Waals surface area contributed by atoms with Gasteiger partial charge < -0.3 is 9.30 Å². The van der Waals surface area contributed by atoms with Crippen LogP contribution in [0, 0.1) is 0 Å². The van der Waals surface area contributed by atoms with E-state index in [4.69, 9.17) is 21.3 Å². The van der Waals surface area contributed by atoms with Crippen LogP contribution in [0.5, 0.6) is 0 Å². The Morgan fingerprint density at radius 2 is 2.05 bits per heavy atom. The predicted molar refractivity (Wildman–Crippen MR) is 81.2 cm³/mol. The van der Waals surface area contributed by atoms with Gasteiger partial charge in [-0.3, -0.25) is 4.68 Å². The molecule has 0 aliphatic rings. The van der Waals surface area contributed by atoms with Gasteiger partial charge in [-0.15, -0.1) is 11.6 Å². The molecule has 6 heteroatoms. The summed E-state index contributed by atoms with van der Waals surface area (Å²) in [6.45, 7) is 6.99. The Hall–Kier alpha value is -1.07. The normalized spacial score (nSPS) is 12.5. The lowest BCUT2D eigenvalue weighted by Gasteiger charge is -2.28. The maximum absolute atomic E-state index is 6.09. The Morgan fingerprint density at radius 3 is 2.60 bits per heavy atom. The molecular formula is C14H23ClN4O. The van der Waals surface area contributed by atoms with Gasteiger partial charge in [0.2, 0.25) is 0 Å². The second kappa shape index (κ2) is 5.74. The third-order valence-electron chi connectivity index (χ3n) is 3.48. The number of alkyl halides is 1. The highest BCUT2D eigenvalue weighted by Gasteiger charge is 2.29. The van der Waals surface area contributed by atoms with Gasteiger partial charge in [0.25, 0.3) is 0 Å². The van der Waals surface area contributed by atoms with E-state index in [1.165, 1.54) is 0 Å². The van der Waals surface area contributed by atoms with Crippen LogP contribution in [0.4, 0.5) is 0 Å². The SMILES string of the molecule is CCCc1nn(C)c2c1nc(CCl)n2C(C)(C)COC. The van der Waals surface area contributed by atoms with Gasteiger partial charge in [-0.25, -0.2) is 4.98 Å². The summed E-state index contributed by atoms with van der Waals surface area (Å²) in [5, 5.41) is 4.60. The fourth-order valence-electron chi connectivity index (χ4n) is 2.77. The van der Waals surface area contributed by atoms with Crippen LogP contribution < -0.4 is 0 Å². The van der Waals surface area contributed by atoms with Gasteiger partial charge >= 0.3 is 0 Å². The predicted octanol–water partition coefficient (Wildman–Crippen LogP) is 2.84. The summed E-state index contributed by atoms with van der Waals surface area (Å²) >= 11 is 6.09. The van der Waals surface area contributed by atoms with E-state index in [9.17, 15) is 0 Å². The van der Waals surface area contributed by atoms with E-state index in [2.05, 4.69) is 30.4 Å². The van der Waals surface area contributed by atoms with Gasteiger partial charge in [0, 0.05) is 14.2 Å². The molecule has 0 spiro atoms. The minimum absolute atomic E-state index is 0.217. The Labute approximate surface area is 124 Å². The number of aryl methyl sites for hydroxylation is 2. The van der Waals surface area contributed by atoms with Gasteiger partial charge in [-0.05, 0) is 20.3 Å². The summed E-state index contributed by atoms with van der Waals surface area (Å²) in [5.74, 6) is 1.25. The van der Waals surface area contributed by atoms with E-state index in [0.717, 1.165) is 35.5 Å². The summed E-state index contributed by atoms with van der Waals surface area (Å²) in [4.78, 5) is 4.71. The maximum atomic E-state index is 6.09. The average Bonchev–Trinajstić information content (AvgIpc) is 2.89. The monoisotopic (exact) mass is 298 g/mol. The zero-order chi connectivity index (χ0) is 14.9. The van der Waals surface area contributed by atoms with Crippen molar-refractivity contribution < 1.29 is 4.74 Å². The molecule has 0 radical (unpaired) electrons. The number of halogens is 1. The molecule has 0 atom stereocenters. The first-order valence-electron chi connectivity index (χ1n) is 6.94. The second-order valence-corrected chi connectivity index (χ2v) is 6.00. The van der Waals surface area contributed by atoms with Crippen LogP contribution in [0.1, 0.15) is 38.7 Å². The van der Waals surface area contributed by atoms with Crippen LogP contribution in [0.2, 0.25) is 0 Å². The summed E-state index contributed by atoms with van der Waals surface area (Å²) in [5.41, 5.74) is 2.81. The van der Waals surface area contributed by atoms with E-state index in [1.54, 1.807) is 7.11 Å². The van der Waals surface area contributed by atoms with Crippen molar-refractivity contribution in [1.29, 1.82) is 0 Å². The molecular weight excluding hydrogens is 276 g/mol. The molecule has 0 saturated heterocycles. The molecule has 20 heavy (non-hydrogen) atoms. The quantitative estimate of drug-likeness (QED) is 0.770. The number of aromatic nitrogens is 4. The van der Waals surface area contributed by atoms with Crippen molar-refractivity contribution in [2.24, 2.45) is 7.05 Å². The molecule has 0 amide bonds. The summed E-state index contributed by atoms with van der Waals surface area (Å²) in [6, 6.07) is 0. The molecule has 0 aliphatic heterocycles. The van der Waals surface area contributed by atoms with Gasteiger partial charge in [0.1, 0.15) is 11.3 Å². The van der Waals surface area contributed by atoms with Crippen LogP contribution in [-0.2, 0) is 29.6 Å². The molecule has 0 saturated carbocycles. The fraction of sp³-hybridized carbons (Fsp3) is 0.714. The summed E-state index contributed by atoms with van der Waals surface area (Å²) < 4.78 is 9.41. The average molecular weight is 299 g/mol. The van der Waals surface area contributed by atoms with Crippen molar-refractivity contribution in [2.75, 3.05) is 13.7 Å². The van der Waals surface area contributed by atoms with E-state index in [-0.39, 0.29) is 5.54 Å². The third kappa shape index (κ3) is 2.44. The Balaban J connectivity index is 2.69. The second-order valence-electron chi connectivity index (χ2n) is 5.74. The highest BCUT2D eigenvalue weighted by atomic mass is 35.5. The van der Waals surface area contributed by atoms with Crippen LogP contribution in [0.25, 0.3) is 11.2 Å². The van der Waals surface area contributed by atoms with Crippen molar-refractivity contribution in [3.05, 3.63) is 11.5 Å². The summed E-state index contributed by atoms with van der Waals surface area (Å²) in [7, 11) is 3.67. The Morgan fingerprint density at radius 1 is 1.35 bits per heavy atom. The fourth-order valence-corrected chi connectivity index (χ4v) is 2.95. The molecule has 2 aromatic heterocycles. The first kappa shape index (κ1) is 15.3. The molecule has 2 aromatic rings. The third-order valence-corrected chi connectivity index (χ3v) is 3.72. The first-order valence-corrected chi connectivity index (χ1v) is 7.48. The largest absolute Gasteiger partial charge is 0.382 e. The highest BCUT2D eigenvalue weighted by Crippen LogP contribution is 2.28. The highest BCUT2D eigenvalue weighted by molar-refractivity contribution is 6.16. The number of hydrogen-bond acceptors (Lipinski definition) is 3. The van der Waals surface area contributed by atoms with Crippen LogP contribution in [-0.4, -0.2) is 33.0 Å². The van der Waals surface area contributed by atoms with Crippen molar-refractivity contribution >= 4 is 22.8 Å². The smallest absolute Gasteiger partial charge is 0.159 e. The number of fused-ring (bicyclic) bond motifs is 1. The van der Waals surface area contributed by atoms with Gasteiger partial charge in [-0.2, -0.15) is 5.10 Å². The summed E-state index contributed by atoms with van der Waals surface area (Å²) in [6.07, 6.45) is 1.98. The molecule has 112 valence electrons. The lowest BCUT2D eigenvalue weighted by molar-refractivity contribution is 0.110. The van der Waals surface area contributed by atoms with Crippen molar-refractivity contribution in [3.8, 4) is 0 Å². The van der Waals surface area contributed by atoms with E-state index in [1.807, 2.05) is 11.7 Å². The lowest BCUT2D eigenvalue weighted by Crippen LogP contribution is -2.33. The Bertz CT molecular complexity index is 600. The molecule has 0 bridgehead atoms. The van der Waals surface area contributed by atoms with Crippen molar-refractivity contribution in [2.45, 2.75) is 45.0 Å².